The minimum atomic E-state index is 0.357. The van der Waals surface area contributed by atoms with E-state index in [1.54, 1.807) is 0 Å². The molecule has 1 N–H and O–H groups in total. The summed E-state index contributed by atoms with van der Waals surface area (Å²) < 4.78 is 0. The summed E-state index contributed by atoms with van der Waals surface area (Å²) in [7, 11) is 0. The predicted molar refractivity (Wildman–Crippen MR) is 64.2 cm³/mol. The Kier molecular flexibility index (Phi) is 4.32. The van der Waals surface area contributed by atoms with Gasteiger partial charge >= 0.3 is 0 Å². The van der Waals surface area contributed by atoms with E-state index in [1.165, 1.54) is 25.7 Å². The number of likely N-dealkylation sites (tertiary alicyclic amines) is 1. The van der Waals surface area contributed by atoms with Gasteiger partial charge in [0, 0.05) is 18.3 Å². The SMILES string of the molecule is O=C(CSC1CCNCC1)N1CCCC1. The number of nitrogens with one attached hydrogen (secondary N) is 1. The standard InChI is InChI=1S/C11H20N2OS/c14-11(13-7-1-2-8-13)9-15-10-3-5-12-6-4-10/h10,12H,1-9H2. The first-order valence-corrected chi connectivity index (χ1v) is 7.01. The second-order valence-corrected chi connectivity index (χ2v) is 5.64. The number of thioether (sulfide) groups is 1. The van der Waals surface area contributed by atoms with Gasteiger partial charge in [0.2, 0.25) is 5.91 Å². The Morgan fingerprint density at radius 2 is 1.93 bits per heavy atom. The lowest BCUT2D eigenvalue weighted by atomic mass is 10.2. The summed E-state index contributed by atoms with van der Waals surface area (Å²) in [5.74, 6) is 1.06. The Morgan fingerprint density at radius 1 is 1.27 bits per heavy atom. The normalized spacial score (nSPS) is 23.3. The molecule has 2 saturated heterocycles. The largest absolute Gasteiger partial charge is 0.342 e. The van der Waals surface area contributed by atoms with Crippen LogP contribution in [-0.2, 0) is 4.79 Å². The second kappa shape index (κ2) is 5.75. The van der Waals surface area contributed by atoms with Crippen molar-refractivity contribution in [3.05, 3.63) is 0 Å². The van der Waals surface area contributed by atoms with E-state index in [4.69, 9.17) is 0 Å². The highest BCUT2D eigenvalue weighted by Gasteiger charge is 2.20. The third-order valence-corrected chi connectivity index (χ3v) is 4.54. The van der Waals surface area contributed by atoms with E-state index >= 15 is 0 Å². The minimum Gasteiger partial charge on any atom is -0.342 e. The molecule has 2 fully saturated rings. The predicted octanol–water partition coefficient (Wildman–Crippen LogP) is 1.09. The summed E-state index contributed by atoms with van der Waals surface area (Å²) in [6.45, 7) is 4.22. The maximum absolute atomic E-state index is 11.8. The average Bonchev–Trinajstić information content (AvgIpc) is 2.81. The van der Waals surface area contributed by atoms with Gasteiger partial charge in [-0.05, 0) is 38.8 Å². The van der Waals surface area contributed by atoms with Gasteiger partial charge in [0.05, 0.1) is 5.75 Å². The molecule has 0 aromatic heterocycles. The molecule has 0 bridgehead atoms. The van der Waals surface area contributed by atoms with E-state index in [-0.39, 0.29) is 0 Å². The van der Waals surface area contributed by atoms with Crippen molar-refractivity contribution in [1.82, 2.24) is 10.2 Å². The van der Waals surface area contributed by atoms with Gasteiger partial charge < -0.3 is 10.2 Å². The van der Waals surface area contributed by atoms with Crippen molar-refractivity contribution in [3.8, 4) is 0 Å². The van der Waals surface area contributed by atoms with Gasteiger partial charge in [-0.1, -0.05) is 0 Å². The molecule has 15 heavy (non-hydrogen) atoms. The maximum atomic E-state index is 11.8. The first-order valence-electron chi connectivity index (χ1n) is 5.96. The fourth-order valence-corrected chi connectivity index (χ4v) is 3.34. The van der Waals surface area contributed by atoms with Crippen molar-refractivity contribution in [1.29, 1.82) is 0 Å². The van der Waals surface area contributed by atoms with Gasteiger partial charge in [-0.2, -0.15) is 0 Å². The molecule has 2 aliphatic heterocycles. The molecule has 0 aromatic carbocycles. The lowest BCUT2D eigenvalue weighted by Gasteiger charge is -2.23. The van der Waals surface area contributed by atoms with Crippen LogP contribution in [0.2, 0.25) is 0 Å². The first-order chi connectivity index (χ1) is 7.36. The Balaban J connectivity index is 1.65. The maximum Gasteiger partial charge on any atom is 0.232 e. The minimum absolute atomic E-state index is 0.357. The van der Waals surface area contributed by atoms with Crippen molar-refractivity contribution in [2.75, 3.05) is 31.9 Å². The zero-order chi connectivity index (χ0) is 10.5. The summed E-state index contributed by atoms with van der Waals surface area (Å²) in [4.78, 5) is 13.8. The molecule has 2 heterocycles. The van der Waals surface area contributed by atoms with Crippen LogP contribution >= 0.6 is 11.8 Å². The van der Waals surface area contributed by atoms with Crippen LogP contribution in [0.4, 0.5) is 0 Å². The molecular weight excluding hydrogens is 208 g/mol. The van der Waals surface area contributed by atoms with E-state index in [1.807, 2.05) is 16.7 Å². The quantitative estimate of drug-likeness (QED) is 0.785. The summed E-state index contributed by atoms with van der Waals surface area (Å²) in [6, 6.07) is 0. The van der Waals surface area contributed by atoms with Crippen molar-refractivity contribution < 1.29 is 4.79 Å². The molecule has 0 spiro atoms. The van der Waals surface area contributed by atoms with E-state index in [0.29, 0.717) is 16.9 Å². The van der Waals surface area contributed by atoms with E-state index in [0.717, 1.165) is 26.2 Å². The molecule has 1 amide bonds. The molecule has 0 unspecified atom stereocenters. The summed E-state index contributed by atoms with van der Waals surface area (Å²) in [5.41, 5.74) is 0. The number of carbonyl (C=O) groups excluding carboxylic acids is 1. The van der Waals surface area contributed by atoms with Crippen LogP contribution < -0.4 is 5.32 Å². The molecule has 2 aliphatic rings. The highest BCUT2D eigenvalue weighted by Crippen LogP contribution is 2.21. The molecule has 0 radical (unpaired) electrons. The van der Waals surface area contributed by atoms with Crippen molar-refractivity contribution in [2.45, 2.75) is 30.9 Å². The van der Waals surface area contributed by atoms with Crippen LogP contribution in [0, 0.1) is 0 Å². The van der Waals surface area contributed by atoms with Crippen LogP contribution in [0.5, 0.6) is 0 Å². The summed E-state index contributed by atoms with van der Waals surface area (Å²) in [5, 5.41) is 4.06. The van der Waals surface area contributed by atoms with Crippen LogP contribution in [0.3, 0.4) is 0 Å². The van der Waals surface area contributed by atoms with E-state index in [2.05, 4.69) is 5.32 Å². The Bertz CT molecular complexity index is 211. The van der Waals surface area contributed by atoms with Crippen LogP contribution in [-0.4, -0.2) is 48.0 Å². The number of amides is 1. The van der Waals surface area contributed by atoms with Gasteiger partial charge in [-0.3, -0.25) is 4.79 Å². The van der Waals surface area contributed by atoms with Gasteiger partial charge in [0.25, 0.3) is 0 Å². The fraction of sp³-hybridized carbons (Fsp3) is 0.909. The fourth-order valence-electron chi connectivity index (χ4n) is 2.21. The van der Waals surface area contributed by atoms with E-state index < -0.39 is 0 Å². The average molecular weight is 228 g/mol. The van der Waals surface area contributed by atoms with Crippen LogP contribution in [0.1, 0.15) is 25.7 Å². The summed E-state index contributed by atoms with van der Waals surface area (Å²) >= 11 is 1.86. The monoisotopic (exact) mass is 228 g/mol. The number of hydrogen-bond acceptors (Lipinski definition) is 3. The Hall–Kier alpha value is -0.220. The lowest BCUT2D eigenvalue weighted by molar-refractivity contribution is -0.127. The van der Waals surface area contributed by atoms with Gasteiger partial charge in [0.1, 0.15) is 0 Å². The second-order valence-electron chi connectivity index (χ2n) is 4.35. The van der Waals surface area contributed by atoms with Gasteiger partial charge in [-0.15, -0.1) is 11.8 Å². The highest BCUT2D eigenvalue weighted by molar-refractivity contribution is 8.00. The van der Waals surface area contributed by atoms with Crippen molar-refractivity contribution >= 4 is 17.7 Å². The lowest BCUT2D eigenvalue weighted by Crippen LogP contribution is -2.32. The first kappa shape index (κ1) is 11.3. The van der Waals surface area contributed by atoms with Crippen molar-refractivity contribution in [2.24, 2.45) is 0 Å². The molecule has 0 atom stereocenters. The number of rotatable bonds is 3. The number of piperidine rings is 1. The smallest absolute Gasteiger partial charge is 0.232 e. The number of carbonyl (C=O) groups is 1. The van der Waals surface area contributed by atoms with Gasteiger partial charge in [-0.25, -0.2) is 0 Å². The zero-order valence-corrected chi connectivity index (χ0v) is 10.0. The molecular formula is C11H20N2OS. The van der Waals surface area contributed by atoms with E-state index in [9.17, 15) is 4.79 Å². The number of hydrogen-bond donors (Lipinski definition) is 1. The molecule has 2 rings (SSSR count). The molecule has 86 valence electrons. The Morgan fingerprint density at radius 3 is 2.60 bits per heavy atom. The molecule has 3 nitrogen and oxygen atoms in total. The molecule has 4 heteroatoms. The summed E-state index contributed by atoms with van der Waals surface area (Å²) in [6.07, 6.45) is 4.84. The molecule has 0 saturated carbocycles. The highest BCUT2D eigenvalue weighted by atomic mass is 32.2. The zero-order valence-electron chi connectivity index (χ0n) is 9.21. The molecule has 0 aromatic rings. The number of nitrogens with zero attached hydrogens (tertiary/aromatic N) is 1. The van der Waals surface area contributed by atoms with Crippen LogP contribution in [0.25, 0.3) is 0 Å². The topological polar surface area (TPSA) is 32.3 Å². The third-order valence-electron chi connectivity index (χ3n) is 3.19. The van der Waals surface area contributed by atoms with Crippen molar-refractivity contribution in [3.63, 3.8) is 0 Å². The van der Waals surface area contributed by atoms with Crippen LogP contribution in [0.15, 0.2) is 0 Å². The third kappa shape index (κ3) is 3.38. The Labute approximate surface area is 96.0 Å². The molecule has 0 aliphatic carbocycles. The van der Waals surface area contributed by atoms with Gasteiger partial charge in [0.15, 0.2) is 0 Å².